The van der Waals surface area contributed by atoms with Gasteiger partial charge in [-0.3, -0.25) is 0 Å². The Balaban J connectivity index is 4.25. The van der Waals surface area contributed by atoms with E-state index in [0.29, 0.717) is 0 Å². The lowest BCUT2D eigenvalue weighted by atomic mass is 10.2. The highest BCUT2D eigenvalue weighted by atomic mass is 32.2. The van der Waals surface area contributed by atoms with Crippen LogP contribution in [-0.2, 0) is 4.79 Å². The van der Waals surface area contributed by atoms with Gasteiger partial charge in [0.1, 0.15) is 0 Å². The molecule has 0 amide bonds. The van der Waals surface area contributed by atoms with Crippen LogP contribution in [0.1, 0.15) is 26.2 Å². The summed E-state index contributed by atoms with van der Waals surface area (Å²) >= 11 is 2.86. The first-order valence-electron chi connectivity index (χ1n) is 3.96. The molecule has 0 heterocycles. The summed E-state index contributed by atoms with van der Waals surface area (Å²) in [5, 5.41) is 9.01. The van der Waals surface area contributed by atoms with Crippen molar-refractivity contribution in [1.29, 1.82) is 0 Å². The lowest BCUT2D eigenvalue weighted by Gasteiger charge is -2.24. The average Bonchev–Trinajstić information content (AvgIpc) is 2.07. The zero-order valence-electron chi connectivity index (χ0n) is 7.79. The number of carbonyl (C=O) groups is 1. The molecule has 0 aromatic carbocycles. The molecule has 0 aliphatic carbocycles. The Bertz CT molecular complexity index is 144. The van der Waals surface area contributed by atoms with Gasteiger partial charge >= 0.3 is 5.97 Å². The minimum atomic E-state index is -0.698. The zero-order chi connectivity index (χ0) is 9.61. The van der Waals surface area contributed by atoms with E-state index in [9.17, 15) is 4.79 Å². The summed E-state index contributed by atoms with van der Waals surface area (Å²) in [6.45, 7) is 2.08. The van der Waals surface area contributed by atoms with E-state index in [1.165, 1.54) is 23.5 Å². The normalized spacial score (nSPS) is 11.6. The third-order valence-corrected chi connectivity index (χ3v) is 4.92. The number of thioether (sulfide) groups is 2. The maximum absolute atomic E-state index is 10.9. The summed E-state index contributed by atoms with van der Waals surface area (Å²) in [5.74, 6) is -0.698. The Hall–Kier alpha value is 0.170. The van der Waals surface area contributed by atoms with E-state index in [1.807, 2.05) is 12.5 Å². The second-order valence-electron chi connectivity index (χ2n) is 2.57. The molecule has 0 bridgehead atoms. The summed E-state index contributed by atoms with van der Waals surface area (Å²) in [6.07, 6.45) is 6.51. The number of hydrogen-bond acceptors (Lipinski definition) is 3. The van der Waals surface area contributed by atoms with Crippen LogP contribution in [0.2, 0.25) is 0 Å². The predicted molar refractivity (Wildman–Crippen MR) is 56.9 cm³/mol. The van der Waals surface area contributed by atoms with Gasteiger partial charge in [-0.2, -0.15) is 0 Å². The van der Waals surface area contributed by atoms with Crippen LogP contribution >= 0.6 is 23.5 Å². The molecule has 0 aliphatic heterocycles. The molecule has 4 heteroatoms. The standard InChI is InChI=1S/C8H16O2S2/c1-4-5-6-8(11-2,12-3)7(9)10/h4-6H2,1-3H3,(H,9,10). The van der Waals surface area contributed by atoms with Crippen molar-refractivity contribution in [3.63, 3.8) is 0 Å². The van der Waals surface area contributed by atoms with E-state index in [1.54, 1.807) is 0 Å². The van der Waals surface area contributed by atoms with Crippen molar-refractivity contribution in [2.24, 2.45) is 0 Å². The number of rotatable bonds is 6. The van der Waals surface area contributed by atoms with E-state index in [2.05, 4.69) is 6.92 Å². The Morgan fingerprint density at radius 2 is 1.92 bits per heavy atom. The van der Waals surface area contributed by atoms with Gasteiger partial charge in [0, 0.05) is 0 Å². The molecule has 0 aromatic rings. The van der Waals surface area contributed by atoms with E-state index < -0.39 is 10.0 Å². The fourth-order valence-corrected chi connectivity index (χ4v) is 2.69. The fourth-order valence-electron chi connectivity index (χ4n) is 0.979. The molecule has 0 radical (unpaired) electrons. The molecule has 0 unspecified atom stereocenters. The van der Waals surface area contributed by atoms with Crippen molar-refractivity contribution in [1.82, 2.24) is 0 Å². The van der Waals surface area contributed by atoms with Crippen molar-refractivity contribution in [2.75, 3.05) is 12.5 Å². The van der Waals surface area contributed by atoms with Gasteiger partial charge in [-0.25, -0.2) is 4.79 Å². The predicted octanol–water partition coefficient (Wildman–Crippen LogP) is 2.68. The average molecular weight is 208 g/mol. The molecule has 0 atom stereocenters. The largest absolute Gasteiger partial charge is 0.480 e. The Morgan fingerprint density at radius 1 is 1.42 bits per heavy atom. The number of carboxylic acids is 1. The summed E-state index contributed by atoms with van der Waals surface area (Å²) in [4.78, 5) is 10.9. The van der Waals surface area contributed by atoms with Gasteiger partial charge in [0.05, 0.1) is 0 Å². The molecule has 0 aromatic heterocycles. The summed E-state index contributed by atoms with van der Waals surface area (Å²) in [5.41, 5.74) is 0. The molecular weight excluding hydrogens is 192 g/mol. The van der Waals surface area contributed by atoms with Crippen molar-refractivity contribution < 1.29 is 9.90 Å². The molecule has 0 aliphatic rings. The van der Waals surface area contributed by atoms with Crippen LogP contribution < -0.4 is 0 Å². The number of carboxylic acid groups (broad SMARTS) is 1. The summed E-state index contributed by atoms with van der Waals surface area (Å²) in [7, 11) is 0. The monoisotopic (exact) mass is 208 g/mol. The molecule has 0 rings (SSSR count). The molecule has 72 valence electrons. The SMILES string of the molecule is CCCCC(SC)(SC)C(=O)O. The maximum Gasteiger partial charge on any atom is 0.330 e. The number of hydrogen-bond donors (Lipinski definition) is 1. The minimum Gasteiger partial charge on any atom is -0.480 e. The third kappa shape index (κ3) is 2.90. The van der Waals surface area contributed by atoms with Gasteiger partial charge in [-0.1, -0.05) is 19.8 Å². The maximum atomic E-state index is 10.9. The van der Waals surface area contributed by atoms with Crippen molar-refractivity contribution >= 4 is 29.5 Å². The van der Waals surface area contributed by atoms with Crippen LogP contribution in [0.3, 0.4) is 0 Å². The van der Waals surface area contributed by atoms with Gasteiger partial charge in [0.25, 0.3) is 0 Å². The highest BCUT2D eigenvalue weighted by molar-refractivity contribution is 8.18. The first-order chi connectivity index (χ1) is 5.63. The fraction of sp³-hybridized carbons (Fsp3) is 0.875. The first-order valence-corrected chi connectivity index (χ1v) is 6.41. The van der Waals surface area contributed by atoms with Crippen LogP contribution in [0.25, 0.3) is 0 Å². The molecular formula is C8H16O2S2. The molecule has 1 N–H and O–H groups in total. The van der Waals surface area contributed by atoms with Crippen LogP contribution in [0.5, 0.6) is 0 Å². The molecule has 0 fully saturated rings. The van der Waals surface area contributed by atoms with Gasteiger partial charge in [0.2, 0.25) is 0 Å². The second-order valence-corrected chi connectivity index (χ2v) is 5.04. The van der Waals surface area contributed by atoms with E-state index >= 15 is 0 Å². The van der Waals surface area contributed by atoms with Crippen molar-refractivity contribution in [3.8, 4) is 0 Å². The minimum absolute atomic E-state index is 0.615. The third-order valence-electron chi connectivity index (χ3n) is 1.84. The highest BCUT2D eigenvalue weighted by Crippen LogP contribution is 2.38. The van der Waals surface area contributed by atoms with E-state index in [4.69, 9.17) is 5.11 Å². The number of aliphatic carboxylic acids is 1. The van der Waals surface area contributed by atoms with Gasteiger partial charge in [-0.15, -0.1) is 23.5 Å². The highest BCUT2D eigenvalue weighted by Gasteiger charge is 2.35. The summed E-state index contributed by atoms with van der Waals surface area (Å²) in [6, 6.07) is 0. The molecule has 0 saturated heterocycles. The molecule has 0 saturated carbocycles. The van der Waals surface area contributed by atoms with Crippen LogP contribution in [0, 0.1) is 0 Å². The van der Waals surface area contributed by atoms with E-state index in [0.717, 1.165) is 19.3 Å². The lowest BCUT2D eigenvalue weighted by Crippen LogP contribution is -2.30. The number of unbranched alkanes of at least 4 members (excludes halogenated alkanes) is 1. The van der Waals surface area contributed by atoms with Gasteiger partial charge in [0.15, 0.2) is 4.08 Å². The Morgan fingerprint density at radius 3 is 2.17 bits per heavy atom. The Kier molecular flexibility index (Phi) is 5.84. The first kappa shape index (κ1) is 12.2. The second kappa shape index (κ2) is 5.75. The zero-order valence-corrected chi connectivity index (χ0v) is 9.43. The topological polar surface area (TPSA) is 37.3 Å². The molecule has 0 spiro atoms. The molecule has 2 nitrogen and oxygen atoms in total. The van der Waals surface area contributed by atoms with Gasteiger partial charge in [-0.05, 0) is 18.9 Å². The van der Waals surface area contributed by atoms with Crippen molar-refractivity contribution in [2.45, 2.75) is 30.3 Å². The Labute approximate surface area is 82.5 Å². The van der Waals surface area contributed by atoms with Crippen LogP contribution in [0.4, 0.5) is 0 Å². The summed E-state index contributed by atoms with van der Waals surface area (Å²) < 4.78 is -0.615. The van der Waals surface area contributed by atoms with Gasteiger partial charge < -0.3 is 5.11 Å². The lowest BCUT2D eigenvalue weighted by molar-refractivity contribution is -0.137. The molecule has 12 heavy (non-hydrogen) atoms. The van der Waals surface area contributed by atoms with Crippen molar-refractivity contribution in [3.05, 3.63) is 0 Å². The van der Waals surface area contributed by atoms with Crippen LogP contribution in [0.15, 0.2) is 0 Å². The smallest absolute Gasteiger partial charge is 0.330 e. The quantitative estimate of drug-likeness (QED) is 0.681. The van der Waals surface area contributed by atoms with Crippen LogP contribution in [-0.4, -0.2) is 27.7 Å². The van der Waals surface area contributed by atoms with E-state index in [-0.39, 0.29) is 0 Å².